The van der Waals surface area contributed by atoms with E-state index in [1.165, 1.54) is 12.8 Å². The van der Waals surface area contributed by atoms with Crippen LogP contribution in [0.2, 0.25) is 0 Å². The van der Waals surface area contributed by atoms with Gasteiger partial charge in [0, 0.05) is 36.1 Å². The molecule has 1 aromatic heterocycles. The smallest absolute Gasteiger partial charge is 0.137 e. The predicted octanol–water partition coefficient (Wildman–Crippen LogP) is 3.06. The van der Waals surface area contributed by atoms with Crippen molar-refractivity contribution in [1.29, 1.82) is 0 Å². The van der Waals surface area contributed by atoms with Crippen LogP contribution >= 0.6 is 0 Å². The second-order valence-corrected chi connectivity index (χ2v) is 7.21. The van der Waals surface area contributed by atoms with Gasteiger partial charge in [-0.1, -0.05) is 25.7 Å². The van der Waals surface area contributed by atoms with Crippen LogP contribution in [0.3, 0.4) is 0 Å². The summed E-state index contributed by atoms with van der Waals surface area (Å²) in [5.74, 6) is 6.53. The van der Waals surface area contributed by atoms with E-state index in [0.717, 1.165) is 61.4 Å². The van der Waals surface area contributed by atoms with E-state index in [1.807, 2.05) is 32.0 Å². The lowest BCUT2D eigenvalue weighted by Gasteiger charge is -2.39. The van der Waals surface area contributed by atoms with Crippen LogP contribution in [0.4, 0.5) is 5.82 Å². The Hall–Kier alpha value is -2.20. The summed E-state index contributed by atoms with van der Waals surface area (Å²) in [6.07, 6.45) is 6.35. The van der Waals surface area contributed by atoms with Crippen molar-refractivity contribution in [3.63, 3.8) is 0 Å². The van der Waals surface area contributed by atoms with Crippen molar-refractivity contribution >= 4 is 16.7 Å². The number of hydrogen-bond acceptors (Lipinski definition) is 6. The van der Waals surface area contributed by atoms with Crippen molar-refractivity contribution in [3.05, 3.63) is 30.1 Å². The first-order valence-corrected chi connectivity index (χ1v) is 10.8. The SMILES string of the molecule is CC.OCC#Cc1ccc2ncnc(NC3CCC(N4CCOCC4)CC3)c2c1. The van der Waals surface area contributed by atoms with Crippen LogP contribution in [0.15, 0.2) is 24.5 Å². The van der Waals surface area contributed by atoms with Gasteiger partial charge in [0.1, 0.15) is 18.8 Å². The third-order valence-electron chi connectivity index (χ3n) is 5.55. The number of ether oxygens (including phenoxy) is 1. The van der Waals surface area contributed by atoms with Crippen LogP contribution in [-0.2, 0) is 4.74 Å². The predicted molar refractivity (Wildman–Crippen MR) is 117 cm³/mol. The molecule has 1 aromatic carbocycles. The first kappa shape index (κ1) is 21.5. The van der Waals surface area contributed by atoms with Crippen molar-refractivity contribution in [3.8, 4) is 11.8 Å². The molecule has 6 nitrogen and oxygen atoms in total. The number of aliphatic hydroxyl groups excluding tert-OH is 1. The van der Waals surface area contributed by atoms with Crippen LogP contribution in [-0.4, -0.2) is 65.0 Å². The maximum Gasteiger partial charge on any atom is 0.137 e. The molecule has 2 heterocycles. The Kier molecular flexibility index (Phi) is 8.24. The van der Waals surface area contributed by atoms with Crippen molar-refractivity contribution in [2.75, 3.05) is 38.2 Å². The summed E-state index contributed by atoms with van der Waals surface area (Å²) in [4.78, 5) is 11.4. The fourth-order valence-electron chi connectivity index (χ4n) is 4.11. The quantitative estimate of drug-likeness (QED) is 0.777. The molecule has 156 valence electrons. The van der Waals surface area contributed by atoms with Gasteiger partial charge in [0.25, 0.3) is 0 Å². The maximum absolute atomic E-state index is 8.91. The minimum absolute atomic E-state index is 0.138. The fourth-order valence-corrected chi connectivity index (χ4v) is 4.11. The molecule has 4 rings (SSSR count). The van der Waals surface area contributed by atoms with E-state index in [1.54, 1.807) is 6.33 Å². The topological polar surface area (TPSA) is 70.5 Å². The Labute approximate surface area is 173 Å². The molecule has 0 spiro atoms. The van der Waals surface area contributed by atoms with Gasteiger partial charge in [0.15, 0.2) is 0 Å². The highest BCUT2D eigenvalue weighted by molar-refractivity contribution is 5.90. The van der Waals surface area contributed by atoms with Crippen LogP contribution in [0, 0.1) is 11.8 Å². The molecule has 0 unspecified atom stereocenters. The van der Waals surface area contributed by atoms with Gasteiger partial charge in [-0.3, -0.25) is 4.90 Å². The molecule has 2 aliphatic rings. The molecule has 6 heteroatoms. The number of hydrogen-bond donors (Lipinski definition) is 2. The lowest BCUT2D eigenvalue weighted by atomic mass is 9.90. The summed E-state index contributed by atoms with van der Waals surface area (Å²) < 4.78 is 5.47. The Morgan fingerprint density at radius 2 is 1.90 bits per heavy atom. The molecule has 29 heavy (non-hydrogen) atoms. The summed E-state index contributed by atoms with van der Waals surface area (Å²) in [6, 6.07) is 7.01. The molecule has 2 fully saturated rings. The minimum Gasteiger partial charge on any atom is -0.384 e. The van der Waals surface area contributed by atoms with Gasteiger partial charge in [-0.2, -0.15) is 0 Å². The van der Waals surface area contributed by atoms with Gasteiger partial charge in [-0.05, 0) is 43.9 Å². The minimum atomic E-state index is -0.138. The first-order valence-electron chi connectivity index (χ1n) is 10.8. The summed E-state index contributed by atoms with van der Waals surface area (Å²) in [5.41, 5.74) is 1.77. The largest absolute Gasteiger partial charge is 0.384 e. The number of nitrogens with zero attached hydrogens (tertiary/aromatic N) is 3. The third-order valence-corrected chi connectivity index (χ3v) is 5.55. The molecule has 2 aromatic rings. The van der Waals surface area contributed by atoms with Gasteiger partial charge in [-0.25, -0.2) is 9.97 Å². The molecule has 0 bridgehead atoms. The van der Waals surface area contributed by atoms with E-state index in [4.69, 9.17) is 9.84 Å². The molecule has 0 radical (unpaired) electrons. The molecular formula is C23H32N4O2. The van der Waals surface area contributed by atoms with Crippen LogP contribution in [0.1, 0.15) is 45.1 Å². The van der Waals surface area contributed by atoms with Crippen molar-refractivity contribution < 1.29 is 9.84 Å². The lowest BCUT2D eigenvalue weighted by molar-refractivity contribution is 0.00791. The molecule has 1 aliphatic carbocycles. The first-order chi connectivity index (χ1) is 14.3. The van der Waals surface area contributed by atoms with Crippen LogP contribution in [0.25, 0.3) is 10.9 Å². The number of aliphatic hydroxyl groups is 1. The Morgan fingerprint density at radius 3 is 2.62 bits per heavy atom. The van der Waals surface area contributed by atoms with E-state index in [9.17, 15) is 0 Å². The van der Waals surface area contributed by atoms with E-state index in [2.05, 4.69) is 32.0 Å². The lowest BCUT2D eigenvalue weighted by Crippen LogP contribution is -2.46. The van der Waals surface area contributed by atoms with Crippen LogP contribution in [0.5, 0.6) is 0 Å². The van der Waals surface area contributed by atoms with Gasteiger partial charge in [0.05, 0.1) is 18.7 Å². The molecule has 1 saturated heterocycles. The van der Waals surface area contributed by atoms with Crippen molar-refractivity contribution in [2.24, 2.45) is 0 Å². The standard InChI is InChI=1S/C21H26N4O2.C2H6/c26-11-1-2-16-3-8-20-19(14-16)21(23-15-22-20)24-17-4-6-18(7-5-17)25-9-12-27-13-10-25;1-2/h3,8,14-15,17-18,26H,4-7,9-13H2,(H,22,23,24);1-2H3. The van der Waals surface area contributed by atoms with Gasteiger partial charge < -0.3 is 15.2 Å². The average molecular weight is 397 g/mol. The van der Waals surface area contributed by atoms with E-state index in [0.29, 0.717) is 12.1 Å². The monoisotopic (exact) mass is 396 g/mol. The van der Waals surface area contributed by atoms with Crippen LogP contribution < -0.4 is 5.32 Å². The fraction of sp³-hybridized carbons (Fsp3) is 0.565. The zero-order valence-corrected chi connectivity index (χ0v) is 17.5. The van der Waals surface area contributed by atoms with E-state index < -0.39 is 0 Å². The molecule has 0 atom stereocenters. The van der Waals surface area contributed by atoms with Gasteiger partial charge in [0.2, 0.25) is 0 Å². The zero-order valence-electron chi connectivity index (χ0n) is 17.5. The highest BCUT2D eigenvalue weighted by Crippen LogP contribution is 2.28. The van der Waals surface area contributed by atoms with E-state index in [-0.39, 0.29) is 6.61 Å². The summed E-state index contributed by atoms with van der Waals surface area (Å²) in [7, 11) is 0. The highest BCUT2D eigenvalue weighted by Gasteiger charge is 2.27. The summed E-state index contributed by atoms with van der Waals surface area (Å²) in [6.45, 7) is 7.73. The van der Waals surface area contributed by atoms with E-state index >= 15 is 0 Å². The third kappa shape index (κ3) is 5.66. The second-order valence-electron chi connectivity index (χ2n) is 7.21. The van der Waals surface area contributed by atoms with Crippen molar-refractivity contribution in [1.82, 2.24) is 14.9 Å². The van der Waals surface area contributed by atoms with Gasteiger partial charge in [-0.15, -0.1) is 0 Å². The number of rotatable bonds is 3. The zero-order chi connectivity index (χ0) is 20.5. The van der Waals surface area contributed by atoms with Crippen molar-refractivity contribution in [2.45, 2.75) is 51.6 Å². The van der Waals surface area contributed by atoms with Gasteiger partial charge >= 0.3 is 0 Å². The number of morpholine rings is 1. The Morgan fingerprint density at radius 1 is 1.14 bits per heavy atom. The summed E-state index contributed by atoms with van der Waals surface area (Å²) >= 11 is 0. The number of anilines is 1. The number of nitrogens with one attached hydrogen (secondary N) is 1. The molecule has 1 saturated carbocycles. The Bertz CT molecular complexity index is 832. The molecule has 0 amide bonds. The maximum atomic E-state index is 8.91. The molecule has 1 aliphatic heterocycles. The highest BCUT2D eigenvalue weighted by atomic mass is 16.5. The second kappa shape index (κ2) is 11.1. The molecule has 2 N–H and O–H groups in total. The average Bonchev–Trinajstić information content (AvgIpc) is 2.80. The number of aromatic nitrogens is 2. The number of fused-ring (bicyclic) bond motifs is 1. The molecular weight excluding hydrogens is 364 g/mol. The number of benzene rings is 1. The summed E-state index contributed by atoms with van der Waals surface area (Å²) in [5, 5.41) is 13.5. The Balaban J connectivity index is 0.00000117. The normalized spacial score (nSPS) is 22.2.